The first-order valence-electron chi connectivity index (χ1n) is 3.84. The van der Waals surface area contributed by atoms with E-state index in [-0.39, 0.29) is 0 Å². The van der Waals surface area contributed by atoms with E-state index in [0.717, 1.165) is 6.42 Å². The van der Waals surface area contributed by atoms with E-state index in [2.05, 4.69) is 20.8 Å². The Kier molecular flexibility index (Phi) is 2.23. The molecular formula is C8H14Cl2. The van der Waals surface area contributed by atoms with Crippen molar-refractivity contribution in [3.63, 3.8) is 0 Å². The van der Waals surface area contributed by atoms with E-state index in [9.17, 15) is 0 Å². The minimum Gasteiger partial charge on any atom is -0.101 e. The molecule has 0 bridgehead atoms. The summed E-state index contributed by atoms with van der Waals surface area (Å²) in [6.07, 6.45) is 1.16. The highest BCUT2D eigenvalue weighted by molar-refractivity contribution is 6.51. The zero-order chi connectivity index (χ0) is 7.94. The summed E-state index contributed by atoms with van der Waals surface area (Å²) in [4.78, 5) is 0. The van der Waals surface area contributed by atoms with Crippen LogP contribution in [-0.4, -0.2) is 4.33 Å². The Morgan fingerprint density at radius 3 is 1.90 bits per heavy atom. The molecule has 0 heterocycles. The predicted molar refractivity (Wildman–Crippen MR) is 46.5 cm³/mol. The third kappa shape index (κ3) is 1.43. The van der Waals surface area contributed by atoms with Crippen LogP contribution in [0.3, 0.4) is 0 Å². The molecule has 0 aromatic carbocycles. The predicted octanol–water partition coefficient (Wildman–Crippen LogP) is 3.47. The van der Waals surface area contributed by atoms with E-state index < -0.39 is 4.33 Å². The fourth-order valence-electron chi connectivity index (χ4n) is 1.43. The Hall–Kier alpha value is 0.580. The van der Waals surface area contributed by atoms with Crippen molar-refractivity contribution in [2.75, 3.05) is 0 Å². The zero-order valence-corrected chi connectivity index (χ0v) is 8.21. The van der Waals surface area contributed by atoms with Crippen molar-refractivity contribution in [1.82, 2.24) is 0 Å². The molecule has 0 spiro atoms. The lowest BCUT2D eigenvalue weighted by Crippen LogP contribution is -1.94. The molecule has 10 heavy (non-hydrogen) atoms. The third-order valence-corrected chi connectivity index (χ3v) is 3.57. The zero-order valence-electron chi connectivity index (χ0n) is 6.70. The Morgan fingerprint density at radius 2 is 1.80 bits per heavy atom. The molecule has 1 fully saturated rings. The molecule has 0 aromatic rings. The van der Waals surface area contributed by atoms with Crippen LogP contribution in [0, 0.1) is 17.8 Å². The van der Waals surface area contributed by atoms with Crippen molar-refractivity contribution in [3.8, 4) is 0 Å². The van der Waals surface area contributed by atoms with E-state index >= 15 is 0 Å². The van der Waals surface area contributed by atoms with E-state index in [1.807, 2.05) is 0 Å². The summed E-state index contributed by atoms with van der Waals surface area (Å²) in [7, 11) is 0. The molecule has 0 aromatic heterocycles. The lowest BCUT2D eigenvalue weighted by molar-refractivity contribution is 0.519. The standard InChI is InChI=1S/C8H14Cl2/c1-5(2)4-7-6(3)8(7,9)10/h5-7H,4H2,1-3H3. The normalized spacial score (nSPS) is 36.6. The number of hydrogen-bond acceptors (Lipinski definition) is 0. The van der Waals surface area contributed by atoms with Gasteiger partial charge in [-0.05, 0) is 24.2 Å². The van der Waals surface area contributed by atoms with Gasteiger partial charge in [0.15, 0.2) is 0 Å². The third-order valence-electron chi connectivity index (χ3n) is 2.32. The van der Waals surface area contributed by atoms with Gasteiger partial charge in [0, 0.05) is 0 Å². The maximum absolute atomic E-state index is 5.97. The first-order valence-corrected chi connectivity index (χ1v) is 4.59. The highest BCUT2D eigenvalue weighted by atomic mass is 35.5. The van der Waals surface area contributed by atoms with Gasteiger partial charge in [-0.3, -0.25) is 0 Å². The molecular weight excluding hydrogens is 167 g/mol. The molecule has 1 saturated carbocycles. The molecule has 0 saturated heterocycles. The van der Waals surface area contributed by atoms with E-state index in [1.54, 1.807) is 0 Å². The number of hydrogen-bond donors (Lipinski definition) is 0. The largest absolute Gasteiger partial charge is 0.124 e. The molecule has 60 valence electrons. The molecule has 0 nitrogen and oxygen atoms in total. The molecule has 0 aliphatic heterocycles. The SMILES string of the molecule is CC(C)CC1C(C)C1(Cl)Cl. The highest BCUT2D eigenvalue weighted by Gasteiger charge is 2.59. The van der Waals surface area contributed by atoms with Crippen LogP contribution in [0.15, 0.2) is 0 Å². The van der Waals surface area contributed by atoms with Crippen molar-refractivity contribution in [2.45, 2.75) is 31.5 Å². The lowest BCUT2D eigenvalue weighted by atomic mass is 10.1. The molecule has 1 aliphatic carbocycles. The van der Waals surface area contributed by atoms with Gasteiger partial charge in [0.25, 0.3) is 0 Å². The van der Waals surface area contributed by atoms with Crippen LogP contribution < -0.4 is 0 Å². The van der Waals surface area contributed by atoms with Gasteiger partial charge in [0.1, 0.15) is 4.33 Å². The second-order valence-electron chi connectivity index (χ2n) is 3.70. The van der Waals surface area contributed by atoms with Crippen molar-refractivity contribution < 1.29 is 0 Å². The Bertz CT molecular complexity index is 129. The maximum Gasteiger partial charge on any atom is 0.124 e. The van der Waals surface area contributed by atoms with Crippen LogP contribution >= 0.6 is 23.2 Å². The summed E-state index contributed by atoms with van der Waals surface area (Å²) in [5.41, 5.74) is 0. The van der Waals surface area contributed by atoms with Gasteiger partial charge in [-0.2, -0.15) is 0 Å². The molecule has 2 unspecified atom stereocenters. The summed E-state index contributed by atoms with van der Waals surface area (Å²) >= 11 is 11.9. The summed E-state index contributed by atoms with van der Waals surface area (Å²) in [5, 5.41) is 0. The van der Waals surface area contributed by atoms with Crippen LogP contribution in [0.25, 0.3) is 0 Å². The molecule has 2 heteroatoms. The highest BCUT2D eigenvalue weighted by Crippen LogP contribution is 2.61. The Morgan fingerprint density at radius 1 is 1.40 bits per heavy atom. The molecule has 0 N–H and O–H groups in total. The van der Waals surface area contributed by atoms with Crippen LogP contribution in [0.2, 0.25) is 0 Å². The van der Waals surface area contributed by atoms with Crippen molar-refractivity contribution in [3.05, 3.63) is 0 Å². The van der Waals surface area contributed by atoms with Crippen molar-refractivity contribution in [1.29, 1.82) is 0 Å². The summed E-state index contributed by atoms with van der Waals surface area (Å²) in [6, 6.07) is 0. The quantitative estimate of drug-likeness (QED) is 0.572. The summed E-state index contributed by atoms with van der Waals surface area (Å²) in [6.45, 7) is 6.52. The van der Waals surface area contributed by atoms with Gasteiger partial charge in [-0.1, -0.05) is 20.8 Å². The fraction of sp³-hybridized carbons (Fsp3) is 1.00. The number of halogens is 2. The van der Waals surface area contributed by atoms with Gasteiger partial charge in [-0.15, -0.1) is 23.2 Å². The fourth-order valence-corrected chi connectivity index (χ4v) is 2.16. The van der Waals surface area contributed by atoms with E-state index in [1.165, 1.54) is 0 Å². The minimum absolute atomic E-state index is 0.399. The monoisotopic (exact) mass is 180 g/mol. The van der Waals surface area contributed by atoms with Crippen molar-refractivity contribution in [2.24, 2.45) is 17.8 Å². The van der Waals surface area contributed by atoms with E-state index in [4.69, 9.17) is 23.2 Å². The average Bonchev–Trinajstić information content (AvgIpc) is 2.17. The van der Waals surface area contributed by atoms with Crippen LogP contribution in [0.1, 0.15) is 27.2 Å². The second-order valence-corrected chi connectivity index (χ2v) is 5.14. The van der Waals surface area contributed by atoms with Crippen molar-refractivity contribution >= 4 is 23.2 Å². The first-order chi connectivity index (χ1) is 4.46. The summed E-state index contributed by atoms with van der Waals surface area (Å²) < 4.78 is -0.399. The topological polar surface area (TPSA) is 0 Å². The van der Waals surface area contributed by atoms with Crippen LogP contribution in [0.4, 0.5) is 0 Å². The van der Waals surface area contributed by atoms with Crippen LogP contribution in [0.5, 0.6) is 0 Å². The number of alkyl halides is 2. The maximum atomic E-state index is 5.97. The van der Waals surface area contributed by atoms with Crippen LogP contribution in [-0.2, 0) is 0 Å². The van der Waals surface area contributed by atoms with Gasteiger partial charge in [0.05, 0.1) is 0 Å². The molecule has 1 rings (SSSR count). The molecule has 2 atom stereocenters. The molecule has 0 amide bonds. The molecule has 1 aliphatic rings. The Balaban J connectivity index is 2.35. The lowest BCUT2D eigenvalue weighted by Gasteiger charge is -2.02. The molecule has 0 radical (unpaired) electrons. The van der Waals surface area contributed by atoms with Gasteiger partial charge in [0.2, 0.25) is 0 Å². The van der Waals surface area contributed by atoms with Gasteiger partial charge >= 0.3 is 0 Å². The van der Waals surface area contributed by atoms with E-state index in [0.29, 0.717) is 17.8 Å². The minimum atomic E-state index is -0.399. The first kappa shape index (κ1) is 8.67. The second kappa shape index (κ2) is 2.57. The summed E-state index contributed by atoms with van der Waals surface area (Å²) in [5.74, 6) is 1.75. The number of rotatable bonds is 2. The van der Waals surface area contributed by atoms with Gasteiger partial charge in [-0.25, -0.2) is 0 Å². The van der Waals surface area contributed by atoms with Gasteiger partial charge < -0.3 is 0 Å². The smallest absolute Gasteiger partial charge is 0.101 e. The Labute approximate surface area is 72.9 Å². The average molecular weight is 181 g/mol.